The normalized spacial score (nSPS) is 25.9. The number of aromatic nitrogens is 1. The van der Waals surface area contributed by atoms with E-state index in [1.807, 2.05) is 6.92 Å². The number of aliphatic hydroxyl groups is 2. The minimum Gasteiger partial charge on any atom is -0.505 e. The summed E-state index contributed by atoms with van der Waals surface area (Å²) in [6.07, 6.45) is 2.81. The van der Waals surface area contributed by atoms with Crippen LogP contribution >= 0.6 is 0 Å². The quantitative estimate of drug-likeness (QED) is 0.762. The third kappa shape index (κ3) is 3.01. The third-order valence-electron chi connectivity index (χ3n) is 4.32. The highest BCUT2D eigenvalue weighted by Gasteiger charge is 2.42. The van der Waals surface area contributed by atoms with Crippen molar-refractivity contribution in [2.24, 2.45) is 5.41 Å². The Morgan fingerprint density at radius 1 is 1.57 bits per heavy atom. The Labute approximate surface area is 124 Å². The highest BCUT2D eigenvalue weighted by Crippen LogP contribution is 2.36. The van der Waals surface area contributed by atoms with Gasteiger partial charge < -0.3 is 20.2 Å². The van der Waals surface area contributed by atoms with Crippen molar-refractivity contribution in [3.63, 3.8) is 0 Å². The molecule has 2 heterocycles. The molecule has 0 aromatic carbocycles. The Bertz CT molecular complexity index is 508. The van der Waals surface area contributed by atoms with E-state index >= 15 is 0 Å². The van der Waals surface area contributed by atoms with Gasteiger partial charge in [0.25, 0.3) is 5.91 Å². The summed E-state index contributed by atoms with van der Waals surface area (Å²) in [5.74, 6) is -0.556. The lowest BCUT2D eigenvalue weighted by atomic mass is 9.73. The second-order valence-electron chi connectivity index (χ2n) is 5.66. The SMILES string of the molecule is CCC[C@]1(CO)CCN(C(=O)c2ncccc2O)C[C@H]1O. The van der Waals surface area contributed by atoms with Gasteiger partial charge in [-0.05, 0) is 25.0 Å². The number of piperidine rings is 1. The number of pyridine rings is 1. The predicted octanol–water partition coefficient (Wildman–Crippen LogP) is 0.773. The van der Waals surface area contributed by atoms with Crippen LogP contribution in [0.25, 0.3) is 0 Å². The fraction of sp³-hybridized carbons (Fsp3) is 0.600. The first-order chi connectivity index (χ1) is 10.0. The predicted molar refractivity (Wildman–Crippen MR) is 76.9 cm³/mol. The molecule has 116 valence electrons. The number of nitrogens with zero attached hydrogens (tertiary/aromatic N) is 2. The van der Waals surface area contributed by atoms with Gasteiger partial charge in [0.2, 0.25) is 0 Å². The van der Waals surface area contributed by atoms with Gasteiger partial charge in [0, 0.05) is 24.7 Å². The van der Waals surface area contributed by atoms with Crippen LogP contribution in [0.1, 0.15) is 36.7 Å². The molecule has 1 aliphatic heterocycles. The van der Waals surface area contributed by atoms with Crippen LogP contribution in [-0.2, 0) is 0 Å². The van der Waals surface area contributed by atoms with Gasteiger partial charge >= 0.3 is 0 Å². The van der Waals surface area contributed by atoms with E-state index in [-0.39, 0.29) is 24.6 Å². The van der Waals surface area contributed by atoms with Crippen LogP contribution in [0.5, 0.6) is 5.75 Å². The average molecular weight is 294 g/mol. The summed E-state index contributed by atoms with van der Waals surface area (Å²) in [4.78, 5) is 17.7. The highest BCUT2D eigenvalue weighted by atomic mass is 16.3. The van der Waals surface area contributed by atoms with Crippen LogP contribution < -0.4 is 0 Å². The molecule has 0 bridgehead atoms. The molecule has 6 heteroatoms. The summed E-state index contributed by atoms with van der Waals surface area (Å²) in [7, 11) is 0. The monoisotopic (exact) mass is 294 g/mol. The number of aromatic hydroxyl groups is 1. The lowest BCUT2D eigenvalue weighted by Crippen LogP contribution is -2.54. The molecule has 6 nitrogen and oxygen atoms in total. The van der Waals surface area contributed by atoms with Gasteiger partial charge in [0.05, 0.1) is 12.7 Å². The van der Waals surface area contributed by atoms with Gasteiger partial charge in [-0.15, -0.1) is 0 Å². The fourth-order valence-electron chi connectivity index (χ4n) is 2.97. The van der Waals surface area contributed by atoms with E-state index in [1.165, 1.54) is 17.2 Å². The molecule has 2 rings (SSSR count). The second kappa shape index (κ2) is 6.41. The van der Waals surface area contributed by atoms with Gasteiger partial charge in [0.15, 0.2) is 5.69 Å². The first kappa shape index (κ1) is 15.7. The maximum Gasteiger partial charge on any atom is 0.276 e. The van der Waals surface area contributed by atoms with E-state index in [9.17, 15) is 20.1 Å². The van der Waals surface area contributed by atoms with Crippen molar-refractivity contribution in [2.45, 2.75) is 32.3 Å². The molecule has 1 fully saturated rings. The molecule has 1 aromatic heterocycles. The molecule has 0 saturated carbocycles. The Balaban J connectivity index is 2.12. The summed E-state index contributed by atoms with van der Waals surface area (Å²) in [6.45, 7) is 2.51. The van der Waals surface area contributed by atoms with Crippen LogP contribution in [0.15, 0.2) is 18.3 Å². The van der Waals surface area contributed by atoms with Crippen LogP contribution in [0.4, 0.5) is 0 Å². The van der Waals surface area contributed by atoms with Gasteiger partial charge in [-0.25, -0.2) is 4.98 Å². The molecule has 0 spiro atoms. The average Bonchev–Trinajstić information content (AvgIpc) is 2.49. The van der Waals surface area contributed by atoms with Crippen molar-refractivity contribution in [3.05, 3.63) is 24.0 Å². The number of carbonyl (C=O) groups excluding carboxylic acids is 1. The molecule has 0 aliphatic carbocycles. The van der Waals surface area contributed by atoms with Crippen LogP contribution in [0.3, 0.4) is 0 Å². The third-order valence-corrected chi connectivity index (χ3v) is 4.32. The second-order valence-corrected chi connectivity index (χ2v) is 5.66. The molecule has 21 heavy (non-hydrogen) atoms. The van der Waals surface area contributed by atoms with Gasteiger partial charge in [-0.3, -0.25) is 4.79 Å². The van der Waals surface area contributed by atoms with Gasteiger partial charge in [-0.1, -0.05) is 13.3 Å². The number of aliphatic hydroxyl groups excluding tert-OH is 2. The number of hydrogen-bond donors (Lipinski definition) is 3. The number of likely N-dealkylation sites (tertiary alicyclic amines) is 1. The van der Waals surface area contributed by atoms with Crippen molar-refractivity contribution in [1.82, 2.24) is 9.88 Å². The van der Waals surface area contributed by atoms with Gasteiger partial charge in [-0.2, -0.15) is 0 Å². The zero-order valence-electron chi connectivity index (χ0n) is 12.2. The Kier molecular flexibility index (Phi) is 4.80. The highest BCUT2D eigenvalue weighted by molar-refractivity contribution is 5.94. The van der Waals surface area contributed by atoms with Gasteiger partial charge in [0.1, 0.15) is 5.75 Å². The molecule has 3 N–H and O–H groups in total. The number of carbonyl (C=O) groups is 1. The Hall–Kier alpha value is -1.66. The number of β-amino-alcohol motifs (C(OH)–C–C–N with tert-alkyl or cyclic N) is 1. The number of amides is 1. The van der Waals surface area contributed by atoms with E-state index in [1.54, 1.807) is 6.07 Å². The zero-order valence-corrected chi connectivity index (χ0v) is 12.2. The van der Waals surface area contributed by atoms with Crippen molar-refractivity contribution < 1.29 is 20.1 Å². The smallest absolute Gasteiger partial charge is 0.276 e. The van der Waals surface area contributed by atoms with Crippen molar-refractivity contribution >= 4 is 5.91 Å². The molecular weight excluding hydrogens is 272 g/mol. The summed E-state index contributed by atoms with van der Waals surface area (Å²) in [6, 6.07) is 2.96. The molecule has 0 radical (unpaired) electrons. The van der Waals surface area contributed by atoms with Crippen molar-refractivity contribution in [1.29, 1.82) is 0 Å². The summed E-state index contributed by atoms with van der Waals surface area (Å²) < 4.78 is 0. The molecule has 0 unspecified atom stereocenters. The minimum absolute atomic E-state index is 0.00306. The van der Waals surface area contributed by atoms with E-state index in [4.69, 9.17) is 0 Å². The van der Waals surface area contributed by atoms with Crippen LogP contribution in [0, 0.1) is 5.41 Å². The molecule has 2 atom stereocenters. The summed E-state index contributed by atoms with van der Waals surface area (Å²) in [5.41, 5.74) is -0.533. The number of rotatable bonds is 4. The summed E-state index contributed by atoms with van der Waals surface area (Å²) >= 11 is 0. The Morgan fingerprint density at radius 2 is 2.33 bits per heavy atom. The Morgan fingerprint density at radius 3 is 2.90 bits per heavy atom. The first-order valence-electron chi connectivity index (χ1n) is 7.26. The summed E-state index contributed by atoms with van der Waals surface area (Å²) in [5, 5.41) is 29.7. The molecule has 1 amide bonds. The lowest BCUT2D eigenvalue weighted by molar-refractivity contribution is -0.0714. The fourth-order valence-corrected chi connectivity index (χ4v) is 2.97. The number of hydrogen-bond acceptors (Lipinski definition) is 5. The van der Waals surface area contributed by atoms with E-state index in [0.29, 0.717) is 13.0 Å². The molecule has 1 aliphatic rings. The maximum absolute atomic E-state index is 12.4. The molecular formula is C15H22N2O4. The van der Waals surface area contributed by atoms with E-state index in [2.05, 4.69) is 4.98 Å². The van der Waals surface area contributed by atoms with E-state index in [0.717, 1.165) is 12.8 Å². The van der Waals surface area contributed by atoms with Crippen LogP contribution in [0.2, 0.25) is 0 Å². The molecule has 1 aromatic rings. The van der Waals surface area contributed by atoms with Crippen molar-refractivity contribution in [2.75, 3.05) is 19.7 Å². The van der Waals surface area contributed by atoms with E-state index < -0.39 is 17.4 Å². The standard InChI is InChI=1S/C15H22N2O4/c1-2-5-15(10-18)6-8-17(9-12(15)20)14(21)13-11(19)4-3-7-16-13/h3-4,7,12,18-20H,2,5-6,8-10H2,1H3/t12-,15-/m1/s1. The minimum atomic E-state index is -0.772. The van der Waals surface area contributed by atoms with Crippen LogP contribution in [-0.4, -0.2) is 56.9 Å². The maximum atomic E-state index is 12.4. The van der Waals surface area contributed by atoms with Crippen molar-refractivity contribution in [3.8, 4) is 5.75 Å². The zero-order chi connectivity index (χ0) is 15.5. The first-order valence-corrected chi connectivity index (χ1v) is 7.26. The largest absolute Gasteiger partial charge is 0.505 e. The molecule has 1 saturated heterocycles. The lowest BCUT2D eigenvalue weighted by Gasteiger charge is -2.44. The topological polar surface area (TPSA) is 93.9 Å².